The van der Waals surface area contributed by atoms with Gasteiger partial charge in [0.2, 0.25) is 0 Å². The standard InChI is InChI=1S/C17H18Cl2F2N2O2/c1-4-11(15(19)9(2)18)8-23-14-7-12(17(20,21)16(24)25)5-6-13(14)10(3)22-23/h5-7,11H,4,8H2,1-3H3,(H,24,25)/b15-9-. The van der Waals surface area contributed by atoms with Gasteiger partial charge >= 0.3 is 11.9 Å². The Kier molecular flexibility index (Phi) is 5.74. The molecule has 0 aliphatic heterocycles. The molecular formula is C17H18Cl2F2N2O2. The fourth-order valence-electron chi connectivity index (χ4n) is 2.68. The van der Waals surface area contributed by atoms with Crippen molar-refractivity contribution in [2.75, 3.05) is 0 Å². The average Bonchev–Trinajstić information content (AvgIpc) is 2.87. The van der Waals surface area contributed by atoms with Crippen LogP contribution < -0.4 is 0 Å². The first-order valence-corrected chi connectivity index (χ1v) is 8.45. The van der Waals surface area contributed by atoms with E-state index in [1.54, 1.807) is 18.5 Å². The summed E-state index contributed by atoms with van der Waals surface area (Å²) in [5.74, 6) is -6.28. The van der Waals surface area contributed by atoms with Crippen LogP contribution in [0.3, 0.4) is 0 Å². The molecule has 0 aliphatic carbocycles. The maximum Gasteiger partial charge on any atom is 0.379 e. The van der Waals surface area contributed by atoms with Gasteiger partial charge in [-0.15, -0.1) is 0 Å². The second-order valence-electron chi connectivity index (χ2n) is 5.87. The monoisotopic (exact) mass is 390 g/mol. The van der Waals surface area contributed by atoms with Gasteiger partial charge < -0.3 is 5.11 Å². The largest absolute Gasteiger partial charge is 0.477 e. The minimum atomic E-state index is -3.97. The third-order valence-corrected chi connectivity index (χ3v) is 5.03. The predicted octanol–water partition coefficient (Wildman–Crippen LogP) is 5.26. The number of alkyl halides is 2. The molecule has 1 atom stereocenters. The number of carboxylic acids is 1. The van der Waals surface area contributed by atoms with Crippen LogP contribution in [0.2, 0.25) is 0 Å². The number of rotatable bonds is 6. The van der Waals surface area contributed by atoms with Crippen LogP contribution >= 0.6 is 23.2 Å². The number of halogens is 4. The van der Waals surface area contributed by atoms with Crippen molar-refractivity contribution < 1.29 is 18.7 Å². The topological polar surface area (TPSA) is 55.1 Å². The summed E-state index contributed by atoms with van der Waals surface area (Å²) in [7, 11) is 0. The maximum absolute atomic E-state index is 13.8. The van der Waals surface area contributed by atoms with Gasteiger partial charge in [0, 0.05) is 33.5 Å². The van der Waals surface area contributed by atoms with Crippen LogP contribution in [0.15, 0.2) is 28.3 Å². The van der Waals surface area contributed by atoms with E-state index in [9.17, 15) is 13.6 Å². The first-order valence-electron chi connectivity index (χ1n) is 7.70. The summed E-state index contributed by atoms with van der Waals surface area (Å²) < 4.78 is 29.2. The van der Waals surface area contributed by atoms with Gasteiger partial charge in [-0.05, 0) is 26.3 Å². The van der Waals surface area contributed by atoms with Gasteiger partial charge in [0.1, 0.15) is 0 Å². The molecule has 8 heteroatoms. The highest BCUT2D eigenvalue weighted by Crippen LogP contribution is 2.33. The number of nitrogens with zero attached hydrogens (tertiary/aromatic N) is 2. The summed E-state index contributed by atoms with van der Waals surface area (Å²) in [6, 6.07) is 3.75. The molecule has 0 bridgehead atoms. The van der Waals surface area contributed by atoms with E-state index in [4.69, 9.17) is 28.3 Å². The first-order chi connectivity index (χ1) is 11.6. The van der Waals surface area contributed by atoms with Gasteiger partial charge in [0.05, 0.1) is 11.2 Å². The molecule has 1 heterocycles. The second kappa shape index (κ2) is 7.30. The van der Waals surface area contributed by atoms with Crippen LogP contribution in [0.1, 0.15) is 31.5 Å². The van der Waals surface area contributed by atoms with Crippen molar-refractivity contribution in [1.29, 1.82) is 0 Å². The van der Waals surface area contributed by atoms with E-state index < -0.39 is 17.5 Å². The number of carbonyl (C=O) groups is 1. The molecule has 136 valence electrons. The van der Waals surface area contributed by atoms with Gasteiger partial charge in [-0.2, -0.15) is 13.9 Å². The summed E-state index contributed by atoms with van der Waals surface area (Å²) in [5.41, 5.74) is 0.515. The molecule has 0 spiro atoms. The molecular weight excluding hydrogens is 373 g/mol. The molecule has 2 aromatic rings. The lowest BCUT2D eigenvalue weighted by Crippen LogP contribution is -2.25. The molecule has 4 nitrogen and oxygen atoms in total. The summed E-state index contributed by atoms with van der Waals surface area (Å²) in [5, 5.41) is 14.8. The first kappa shape index (κ1) is 19.7. The number of aromatic nitrogens is 2. The number of aryl methyl sites for hydroxylation is 1. The second-order valence-corrected chi connectivity index (χ2v) is 6.84. The average molecular weight is 391 g/mol. The van der Waals surface area contributed by atoms with Crippen molar-refractivity contribution in [3.05, 3.63) is 39.5 Å². The third kappa shape index (κ3) is 3.80. The van der Waals surface area contributed by atoms with Gasteiger partial charge in [0.15, 0.2) is 0 Å². The Morgan fingerprint density at radius 2 is 2.04 bits per heavy atom. The van der Waals surface area contributed by atoms with Crippen LogP contribution in [0.5, 0.6) is 0 Å². The van der Waals surface area contributed by atoms with Crippen LogP contribution in [0.25, 0.3) is 10.9 Å². The van der Waals surface area contributed by atoms with Gasteiger partial charge in [-0.1, -0.05) is 42.3 Å². The molecule has 0 saturated carbocycles. The van der Waals surface area contributed by atoms with E-state index in [1.165, 1.54) is 12.1 Å². The smallest absolute Gasteiger partial charge is 0.379 e. The van der Waals surface area contributed by atoms with Crippen molar-refractivity contribution in [1.82, 2.24) is 9.78 Å². The van der Waals surface area contributed by atoms with Gasteiger partial charge in [-0.25, -0.2) is 4.79 Å². The van der Waals surface area contributed by atoms with Crippen LogP contribution in [0.4, 0.5) is 8.78 Å². The lowest BCUT2D eigenvalue weighted by molar-refractivity contribution is -0.166. The van der Waals surface area contributed by atoms with Crippen molar-refractivity contribution in [3.8, 4) is 0 Å². The van der Waals surface area contributed by atoms with E-state index in [0.717, 1.165) is 6.07 Å². The molecule has 1 aromatic carbocycles. The molecule has 1 aromatic heterocycles. The fourth-order valence-corrected chi connectivity index (χ4v) is 3.05. The summed E-state index contributed by atoms with van der Waals surface area (Å²) in [4.78, 5) is 10.8. The minimum absolute atomic E-state index is 0.120. The maximum atomic E-state index is 13.8. The zero-order valence-corrected chi connectivity index (χ0v) is 15.5. The van der Waals surface area contributed by atoms with Crippen molar-refractivity contribution in [2.45, 2.75) is 39.7 Å². The highest BCUT2D eigenvalue weighted by atomic mass is 35.5. The van der Waals surface area contributed by atoms with E-state index in [-0.39, 0.29) is 5.92 Å². The number of fused-ring (bicyclic) bond motifs is 1. The fraction of sp³-hybridized carbons (Fsp3) is 0.412. The molecule has 0 saturated heterocycles. The SMILES string of the molecule is CCC(Cn1nc(C)c2ccc(C(F)(F)C(=O)O)cc21)/C(Cl)=C(\C)Cl. The number of carboxylic acid groups (broad SMARTS) is 1. The Bertz CT molecular complexity index is 843. The Labute approximate surface area is 154 Å². The molecule has 1 unspecified atom stereocenters. The minimum Gasteiger partial charge on any atom is -0.477 e. The Hall–Kier alpha value is -1.66. The van der Waals surface area contributed by atoms with Gasteiger partial charge in [0.25, 0.3) is 0 Å². The lowest BCUT2D eigenvalue weighted by atomic mass is 10.0. The normalized spacial score (nSPS) is 14.5. The van der Waals surface area contributed by atoms with Crippen molar-refractivity contribution in [2.24, 2.45) is 5.92 Å². The van der Waals surface area contributed by atoms with Crippen LogP contribution in [-0.4, -0.2) is 20.9 Å². The van der Waals surface area contributed by atoms with Crippen LogP contribution in [0, 0.1) is 12.8 Å². The zero-order chi connectivity index (χ0) is 18.9. The van der Waals surface area contributed by atoms with E-state index in [1.807, 2.05) is 6.92 Å². The predicted molar refractivity (Wildman–Crippen MR) is 94.2 cm³/mol. The number of allylic oxidation sites excluding steroid dienone is 2. The highest BCUT2D eigenvalue weighted by molar-refractivity contribution is 6.39. The van der Waals surface area contributed by atoms with E-state index >= 15 is 0 Å². The number of aliphatic carboxylic acids is 1. The van der Waals surface area contributed by atoms with Crippen molar-refractivity contribution in [3.63, 3.8) is 0 Å². The Morgan fingerprint density at radius 3 is 2.56 bits per heavy atom. The molecule has 1 N–H and O–H groups in total. The summed E-state index contributed by atoms with van der Waals surface area (Å²) >= 11 is 12.2. The molecule has 0 fully saturated rings. The molecule has 2 rings (SSSR count). The lowest BCUT2D eigenvalue weighted by Gasteiger charge is -2.16. The highest BCUT2D eigenvalue weighted by Gasteiger charge is 2.41. The van der Waals surface area contributed by atoms with Gasteiger partial charge in [-0.3, -0.25) is 4.68 Å². The zero-order valence-electron chi connectivity index (χ0n) is 14.0. The molecule has 0 aliphatic rings. The number of hydrogen-bond acceptors (Lipinski definition) is 2. The molecule has 0 amide bonds. The van der Waals surface area contributed by atoms with Crippen molar-refractivity contribution >= 4 is 40.1 Å². The Balaban J connectivity index is 2.54. The number of benzene rings is 1. The molecule has 0 radical (unpaired) electrons. The quantitative estimate of drug-likeness (QED) is 0.731. The summed E-state index contributed by atoms with van der Waals surface area (Å²) in [6.07, 6.45) is 0.689. The van der Waals surface area contributed by atoms with E-state index in [0.29, 0.717) is 39.6 Å². The number of hydrogen-bond donors (Lipinski definition) is 1. The molecule has 25 heavy (non-hydrogen) atoms. The summed E-state index contributed by atoms with van der Waals surface area (Å²) in [6.45, 7) is 5.74. The Morgan fingerprint density at radius 1 is 1.40 bits per heavy atom. The third-order valence-electron chi connectivity index (χ3n) is 4.14. The van der Waals surface area contributed by atoms with E-state index in [2.05, 4.69) is 5.10 Å². The van der Waals surface area contributed by atoms with Crippen LogP contribution in [-0.2, 0) is 17.3 Å².